The van der Waals surface area contributed by atoms with Crippen LogP contribution in [0.2, 0.25) is 0 Å². The Morgan fingerprint density at radius 2 is 1.94 bits per heavy atom. The van der Waals surface area contributed by atoms with Crippen LogP contribution in [0.5, 0.6) is 0 Å². The minimum absolute atomic E-state index is 0.120. The Morgan fingerprint density at radius 1 is 1.29 bits per heavy atom. The van der Waals surface area contributed by atoms with Crippen molar-refractivity contribution in [3.63, 3.8) is 0 Å². The molecule has 17 heavy (non-hydrogen) atoms. The molecule has 2 rings (SSSR count). The first-order chi connectivity index (χ1) is 8.08. The summed E-state index contributed by atoms with van der Waals surface area (Å²) in [6, 6.07) is 4.21. The first-order valence-electron chi connectivity index (χ1n) is 6.17. The Kier molecular flexibility index (Phi) is 3.48. The molecule has 0 aromatic heterocycles. The molecule has 2 N–H and O–H groups in total. The van der Waals surface area contributed by atoms with Gasteiger partial charge in [0.15, 0.2) is 0 Å². The monoisotopic (exact) mass is 232 g/mol. The van der Waals surface area contributed by atoms with Crippen molar-refractivity contribution in [3.8, 4) is 0 Å². The third kappa shape index (κ3) is 2.67. The molecule has 1 aromatic rings. The lowest BCUT2D eigenvalue weighted by atomic mass is 10.0. The van der Waals surface area contributed by atoms with E-state index in [0.717, 1.165) is 36.3 Å². The number of amides is 1. The number of rotatable bonds is 2. The van der Waals surface area contributed by atoms with Gasteiger partial charge in [-0.25, -0.2) is 0 Å². The Balaban J connectivity index is 2.15. The molecule has 1 heterocycles. The van der Waals surface area contributed by atoms with Crippen molar-refractivity contribution in [2.45, 2.75) is 27.2 Å². The van der Waals surface area contributed by atoms with E-state index in [-0.39, 0.29) is 11.8 Å². The summed E-state index contributed by atoms with van der Waals surface area (Å²) >= 11 is 0. The number of hydrogen-bond donors (Lipinski definition) is 2. The molecular formula is C14H20N2O. The normalized spacial score (nSPS) is 19.4. The lowest BCUT2D eigenvalue weighted by molar-refractivity contribution is -0.119. The first-order valence-corrected chi connectivity index (χ1v) is 6.17. The van der Waals surface area contributed by atoms with Crippen LogP contribution in [0.3, 0.4) is 0 Å². The number of nitrogens with one attached hydrogen (secondary N) is 2. The number of aryl methyl sites for hydroxylation is 3. The molecule has 1 amide bonds. The van der Waals surface area contributed by atoms with Gasteiger partial charge in [-0.15, -0.1) is 0 Å². The van der Waals surface area contributed by atoms with Gasteiger partial charge in [-0.3, -0.25) is 4.79 Å². The number of benzene rings is 1. The summed E-state index contributed by atoms with van der Waals surface area (Å²) in [5, 5.41) is 6.29. The molecule has 0 bridgehead atoms. The summed E-state index contributed by atoms with van der Waals surface area (Å²) in [6.07, 6.45) is 0.940. The maximum atomic E-state index is 12.1. The van der Waals surface area contributed by atoms with Crippen LogP contribution >= 0.6 is 0 Å². The average Bonchev–Trinajstić information content (AvgIpc) is 2.76. The maximum Gasteiger partial charge on any atom is 0.228 e. The van der Waals surface area contributed by atoms with Crippen molar-refractivity contribution in [2.24, 2.45) is 5.92 Å². The van der Waals surface area contributed by atoms with E-state index in [1.807, 2.05) is 13.8 Å². The molecule has 0 radical (unpaired) electrons. The number of carbonyl (C=O) groups excluding carboxylic acids is 1. The lowest BCUT2D eigenvalue weighted by Crippen LogP contribution is -2.25. The Bertz CT molecular complexity index is 411. The highest BCUT2D eigenvalue weighted by Gasteiger charge is 2.23. The molecule has 92 valence electrons. The van der Waals surface area contributed by atoms with Gasteiger partial charge in [0.1, 0.15) is 0 Å². The van der Waals surface area contributed by atoms with Gasteiger partial charge in [0, 0.05) is 12.2 Å². The molecule has 0 aliphatic carbocycles. The second-order valence-electron chi connectivity index (χ2n) is 4.95. The summed E-state index contributed by atoms with van der Waals surface area (Å²) < 4.78 is 0. The molecule has 3 heteroatoms. The van der Waals surface area contributed by atoms with Gasteiger partial charge in [-0.2, -0.15) is 0 Å². The van der Waals surface area contributed by atoms with Gasteiger partial charge in [0.25, 0.3) is 0 Å². The van der Waals surface area contributed by atoms with Crippen LogP contribution in [0.4, 0.5) is 5.69 Å². The molecular weight excluding hydrogens is 212 g/mol. The summed E-state index contributed by atoms with van der Waals surface area (Å²) in [5.74, 6) is 0.264. The van der Waals surface area contributed by atoms with Crippen molar-refractivity contribution in [2.75, 3.05) is 18.4 Å². The fourth-order valence-electron chi connectivity index (χ4n) is 2.48. The van der Waals surface area contributed by atoms with Crippen LogP contribution in [-0.2, 0) is 4.79 Å². The SMILES string of the molecule is Cc1cc(C)c(NC(=O)C2CCNC2)c(C)c1. The van der Waals surface area contributed by atoms with E-state index >= 15 is 0 Å². The van der Waals surface area contributed by atoms with E-state index in [9.17, 15) is 4.79 Å². The van der Waals surface area contributed by atoms with Gasteiger partial charge < -0.3 is 10.6 Å². The molecule has 1 atom stereocenters. The van der Waals surface area contributed by atoms with Gasteiger partial charge >= 0.3 is 0 Å². The average molecular weight is 232 g/mol. The van der Waals surface area contributed by atoms with E-state index in [2.05, 4.69) is 29.7 Å². The van der Waals surface area contributed by atoms with Crippen LogP contribution in [0, 0.1) is 26.7 Å². The summed E-state index contributed by atoms with van der Waals surface area (Å²) in [6.45, 7) is 7.91. The highest BCUT2D eigenvalue weighted by molar-refractivity contribution is 5.94. The third-order valence-corrected chi connectivity index (χ3v) is 3.36. The molecule has 0 saturated carbocycles. The smallest absolute Gasteiger partial charge is 0.228 e. The van der Waals surface area contributed by atoms with E-state index in [1.54, 1.807) is 0 Å². The molecule has 0 spiro atoms. The lowest BCUT2D eigenvalue weighted by Gasteiger charge is -2.15. The highest BCUT2D eigenvalue weighted by atomic mass is 16.1. The quantitative estimate of drug-likeness (QED) is 0.820. The number of hydrogen-bond acceptors (Lipinski definition) is 2. The van der Waals surface area contributed by atoms with E-state index in [4.69, 9.17) is 0 Å². The fourth-order valence-corrected chi connectivity index (χ4v) is 2.48. The minimum Gasteiger partial charge on any atom is -0.325 e. The van der Waals surface area contributed by atoms with Crippen LogP contribution < -0.4 is 10.6 Å². The molecule has 1 aliphatic heterocycles. The van der Waals surface area contributed by atoms with Gasteiger partial charge in [0.2, 0.25) is 5.91 Å². The van der Waals surface area contributed by atoms with E-state index in [0.29, 0.717) is 0 Å². The van der Waals surface area contributed by atoms with Crippen molar-refractivity contribution < 1.29 is 4.79 Å². The van der Waals surface area contributed by atoms with Crippen molar-refractivity contribution in [1.82, 2.24) is 5.32 Å². The second-order valence-corrected chi connectivity index (χ2v) is 4.95. The van der Waals surface area contributed by atoms with E-state index in [1.165, 1.54) is 5.56 Å². The Morgan fingerprint density at radius 3 is 2.47 bits per heavy atom. The van der Waals surface area contributed by atoms with Gasteiger partial charge in [-0.1, -0.05) is 17.7 Å². The second kappa shape index (κ2) is 4.88. The molecule has 1 aromatic carbocycles. The zero-order valence-electron chi connectivity index (χ0n) is 10.8. The van der Waals surface area contributed by atoms with Crippen molar-refractivity contribution in [3.05, 3.63) is 28.8 Å². The summed E-state index contributed by atoms with van der Waals surface area (Å²) in [7, 11) is 0. The van der Waals surface area contributed by atoms with E-state index < -0.39 is 0 Å². The fraction of sp³-hybridized carbons (Fsp3) is 0.500. The zero-order valence-corrected chi connectivity index (χ0v) is 10.8. The first kappa shape index (κ1) is 12.1. The van der Waals surface area contributed by atoms with Crippen molar-refractivity contribution >= 4 is 11.6 Å². The molecule has 3 nitrogen and oxygen atoms in total. The predicted molar refractivity (Wildman–Crippen MR) is 70.3 cm³/mol. The number of anilines is 1. The zero-order chi connectivity index (χ0) is 12.4. The third-order valence-electron chi connectivity index (χ3n) is 3.36. The topological polar surface area (TPSA) is 41.1 Å². The number of carbonyl (C=O) groups is 1. The maximum absolute atomic E-state index is 12.1. The van der Waals surface area contributed by atoms with Crippen LogP contribution in [-0.4, -0.2) is 19.0 Å². The van der Waals surface area contributed by atoms with Gasteiger partial charge in [0.05, 0.1) is 5.92 Å². The summed E-state index contributed by atoms with van der Waals surface area (Å²) in [4.78, 5) is 12.1. The predicted octanol–water partition coefficient (Wildman–Crippen LogP) is 2.16. The summed E-state index contributed by atoms with van der Waals surface area (Å²) in [5.41, 5.74) is 4.50. The van der Waals surface area contributed by atoms with Crippen molar-refractivity contribution in [1.29, 1.82) is 0 Å². The minimum atomic E-state index is 0.120. The Hall–Kier alpha value is -1.35. The standard InChI is InChI=1S/C14H20N2O/c1-9-6-10(2)13(11(3)7-9)16-14(17)12-4-5-15-8-12/h6-7,12,15H,4-5,8H2,1-3H3,(H,16,17). The Labute approximate surface area is 103 Å². The van der Waals surface area contributed by atoms with Gasteiger partial charge in [-0.05, 0) is 44.9 Å². The highest BCUT2D eigenvalue weighted by Crippen LogP contribution is 2.23. The van der Waals surface area contributed by atoms with Crippen LogP contribution in [0.1, 0.15) is 23.1 Å². The molecule has 1 aliphatic rings. The molecule has 1 fully saturated rings. The van der Waals surface area contributed by atoms with Crippen LogP contribution in [0.15, 0.2) is 12.1 Å². The molecule has 1 unspecified atom stereocenters. The molecule has 1 saturated heterocycles. The van der Waals surface area contributed by atoms with Crippen LogP contribution in [0.25, 0.3) is 0 Å². The largest absolute Gasteiger partial charge is 0.325 e.